The summed E-state index contributed by atoms with van der Waals surface area (Å²) >= 11 is 0. The molecule has 0 aromatic carbocycles. The predicted molar refractivity (Wildman–Crippen MR) is 80.5 cm³/mol. The number of nitrogens with one attached hydrogen (secondary N) is 1. The Balaban J connectivity index is 2.28. The van der Waals surface area contributed by atoms with Gasteiger partial charge in [0.2, 0.25) is 0 Å². The summed E-state index contributed by atoms with van der Waals surface area (Å²) in [6.07, 6.45) is 5.00. The van der Waals surface area contributed by atoms with E-state index in [9.17, 15) is 0 Å². The zero-order valence-corrected chi connectivity index (χ0v) is 13.5. The largest absolute Gasteiger partial charge is 0.375 e. The standard InChI is InChI=1S/C16H33NO2/c1-6-9-17-13-12-14(15(13)19-10-7-2)18-11-8-16(3,4)5/h13-15,17H,6-12H2,1-5H3. The molecule has 0 saturated heterocycles. The van der Waals surface area contributed by atoms with Gasteiger partial charge < -0.3 is 14.8 Å². The van der Waals surface area contributed by atoms with Gasteiger partial charge in [-0.2, -0.15) is 0 Å². The molecule has 0 bridgehead atoms. The van der Waals surface area contributed by atoms with Crippen molar-refractivity contribution in [1.29, 1.82) is 0 Å². The van der Waals surface area contributed by atoms with Crippen LogP contribution < -0.4 is 5.32 Å². The molecule has 3 heteroatoms. The van der Waals surface area contributed by atoms with Crippen LogP contribution in [0.25, 0.3) is 0 Å². The fourth-order valence-corrected chi connectivity index (χ4v) is 2.27. The normalized spacial score (nSPS) is 27.3. The molecule has 0 heterocycles. The third-order valence-corrected chi connectivity index (χ3v) is 3.60. The SMILES string of the molecule is CCCNC1CC(OCCC(C)(C)C)C1OCCC. The molecule has 1 rings (SSSR count). The Labute approximate surface area is 119 Å². The smallest absolute Gasteiger partial charge is 0.0990 e. The molecule has 1 saturated carbocycles. The van der Waals surface area contributed by atoms with Crippen LogP contribution in [-0.4, -0.2) is 38.0 Å². The van der Waals surface area contributed by atoms with Crippen molar-refractivity contribution in [2.45, 2.75) is 78.6 Å². The molecule has 0 radical (unpaired) electrons. The van der Waals surface area contributed by atoms with Gasteiger partial charge in [0, 0.05) is 19.3 Å². The van der Waals surface area contributed by atoms with Crippen LogP contribution in [0.15, 0.2) is 0 Å². The van der Waals surface area contributed by atoms with Gasteiger partial charge in [0.15, 0.2) is 0 Å². The Hall–Kier alpha value is -0.120. The number of hydrogen-bond donors (Lipinski definition) is 1. The lowest BCUT2D eigenvalue weighted by Gasteiger charge is -2.44. The van der Waals surface area contributed by atoms with Crippen LogP contribution in [0.1, 0.15) is 60.3 Å². The second kappa shape index (κ2) is 8.23. The van der Waals surface area contributed by atoms with E-state index in [1.165, 1.54) is 6.42 Å². The Bertz CT molecular complexity index is 237. The summed E-state index contributed by atoms with van der Waals surface area (Å²) in [5, 5.41) is 3.56. The molecule has 0 aromatic heterocycles. The maximum atomic E-state index is 6.01. The van der Waals surface area contributed by atoms with E-state index in [4.69, 9.17) is 9.47 Å². The monoisotopic (exact) mass is 271 g/mol. The third kappa shape index (κ3) is 6.24. The summed E-state index contributed by atoms with van der Waals surface area (Å²) in [6, 6.07) is 0.492. The highest BCUT2D eigenvalue weighted by Gasteiger charge is 2.42. The molecule has 1 fully saturated rings. The van der Waals surface area contributed by atoms with E-state index in [0.29, 0.717) is 17.6 Å². The molecule has 3 nitrogen and oxygen atoms in total. The average molecular weight is 271 g/mol. The van der Waals surface area contributed by atoms with Crippen molar-refractivity contribution in [1.82, 2.24) is 5.32 Å². The van der Waals surface area contributed by atoms with Crippen molar-refractivity contribution in [3.8, 4) is 0 Å². The van der Waals surface area contributed by atoms with E-state index < -0.39 is 0 Å². The molecule has 3 atom stereocenters. The summed E-state index contributed by atoms with van der Waals surface area (Å²) in [6.45, 7) is 13.9. The first kappa shape index (κ1) is 16.9. The van der Waals surface area contributed by atoms with Gasteiger partial charge in [-0.3, -0.25) is 0 Å². The van der Waals surface area contributed by atoms with Crippen LogP contribution >= 0.6 is 0 Å². The van der Waals surface area contributed by atoms with Crippen molar-refractivity contribution in [3.63, 3.8) is 0 Å². The number of hydrogen-bond acceptors (Lipinski definition) is 3. The Morgan fingerprint density at radius 3 is 2.37 bits per heavy atom. The highest BCUT2D eigenvalue weighted by Crippen LogP contribution is 2.29. The highest BCUT2D eigenvalue weighted by atomic mass is 16.5. The van der Waals surface area contributed by atoms with Gasteiger partial charge in [0.1, 0.15) is 0 Å². The molecule has 114 valence electrons. The minimum Gasteiger partial charge on any atom is -0.375 e. The van der Waals surface area contributed by atoms with Gasteiger partial charge in [0.25, 0.3) is 0 Å². The molecular weight excluding hydrogens is 238 g/mol. The Morgan fingerprint density at radius 1 is 1.05 bits per heavy atom. The van der Waals surface area contributed by atoms with Crippen LogP contribution in [0.4, 0.5) is 0 Å². The number of rotatable bonds is 9. The predicted octanol–water partition coefficient (Wildman–Crippen LogP) is 3.37. The second-order valence-electron chi connectivity index (χ2n) is 6.85. The van der Waals surface area contributed by atoms with Crippen LogP contribution in [-0.2, 0) is 9.47 Å². The van der Waals surface area contributed by atoms with E-state index >= 15 is 0 Å². The molecule has 19 heavy (non-hydrogen) atoms. The minimum absolute atomic E-state index is 0.256. The van der Waals surface area contributed by atoms with Crippen molar-refractivity contribution >= 4 is 0 Å². The molecular formula is C16H33NO2. The average Bonchev–Trinajstić information content (AvgIpc) is 2.31. The maximum Gasteiger partial charge on any atom is 0.0990 e. The fourth-order valence-electron chi connectivity index (χ4n) is 2.27. The van der Waals surface area contributed by atoms with E-state index in [1.807, 2.05) is 0 Å². The second-order valence-corrected chi connectivity index (χ2v) is 6.85. The van der Waals surface area contributed by atoms with Crippen molar-refractivity contribution in [2.24, 2.45) is 5.41 Å². The topological polar surface area (TPSA) is 30.5 Å². The lowest BCUT2D eigenvalue weighted by Crippen LogP contribution is -2.60. The number of ether oxygens (including phenoxy) is 2. The first-order valence-electron chi connectivity index (χ1n) is 7.94. The Morgan fingerprint density at radius 2 is 1.79 bits per heavy atom. The molecule has 0 aliphatic heterocycles. The van der Waals surface area contributed by atoms with Crippen LogP contribution in [0.5, 0.6) is 0 Å². The van der Waals surface area contributed by atoms with Crippen molar-refractivity contribution in [3.05, 3.63) is 0 Å². The summed E-state index contributed by atoms with van der Waals surface area (Å²) in [4.78, 5) is 0. The molecule has 1 aliphatic carbocycles. The van der Waals surface area contributed by atoms with Crippen LogP contribution in [0.3, 0.4) is 0 Å². The summed E-state index contributed by atoms with van der Waals surface area (Å²) in [7, 11) is 0. The lowest BCUT2D eigenvalue weighted by molar-refractivity contribution is -0.149. The summed E-state index contributed by atoms with van der Waals surface area (Å²) < 4.78 is 12.0. The molecule has 0 spiro atoms. The van der Waals surface area contributed by atoms with Crippen LogP contribution in [0, 0.1) is 5.41 Å². The van der Waals surface area contributed by atoms with Crippen molar-refractivity contribution < 1.29 is 9.47 Å². The van der Waals surface area contributed by atoms with Gasteiger partial charge in [-0.05, 0) is 37.6 Å². The molecule has 1 N–H and O–H groups in total. The third-order valence-electron chi connectivity index (χ3n) is 3.60. The fraction of sp³-hybridized carbons (Fsp3) is 1.00. The summed E-state index contributed by atoms with van der Waals surface area (Å²) in [5.41, 5.74) is 0.351. The zero-order chi connectivity index (χ0) is 14.3. The minimum atomic E-state index is 0.256. The molecule has 1 aliphatic rings. The van der Waals surface area contributed by atoms with E-state index in [1.54, 1.807) is 0 Å². The summed E-state index contributed by atoms with van der Waals surface area (Å²) in [5.74, 6) is 0. The first-order chi connectivity index (χ1) is 8.98. The maximum absolute atomic E-state index is 6.01. The van der Waals surface area contributed by atoms with Gasteiger partial charge >= 0.3 is 0 Å². The van der Waals surface area contributed by atoms with E-state index in [0.717, 1.165) is 39.0 Å². The lowest BCUT2D eigenvalue weighted by atomic mass is 9.84. The van der Waals surface area contributed by atoms with Crippen LogP contribution in [0.2, 0.25) is 0 Å². The molecule has 0 amide bonds. The zero-order valence-electron chi connectivity index (χ0n) is 13.5. The van der Waals surface area contributed by atoms with Gasteiger partial charge in [0.05, 0.1) is 12.2 Å². The van der Waals surface area contributed by atoms with E-state index in [2.05, 4.69) is 39.9 Å². The van der Waals surface area contributed by atoms with Gasteiger partial charge in [-0.1, -0.05) is 34.6 Å². The first-order valence-corrected chi connectivity index (χ1v) is 7.94. The molecule has 0 aromatic rings. The highest BCUT2D eigenvalue weighted by molar-refractivity contribution is 4.97. The van der Waals surface area contributed by atoms with E-state index in [-0.39, 0.29) is 6.10 Å². The Kier molecular flexibility index (Phi) is 7.33. The van der Waals surface area contributed by atoms with Crippen molar-refractivity contribution in [2.75, 3.05) is 19.8 Å². The molecule has 3 unspecified atom stereocenters. The van der Waals surface area contributed by atoms with Gasteiger partial charge in [-0.15, -0.1) is 0 Å². The quantitative estimate of drug-likeness (QED) is 0.697. The van der Waals surface area contributed by atoms with Gasteiger partial charge in [-0.25, -0.2) is 0 Å².